The molecule has 3 heterocycles. The van der Waals surface area contributed by atoms with Gasteiger partial charge in [0.2, 0.25) is 0 Å². The number of hydrogen-bond donors (Lipinski definition) is 2. The number of hydrogen-bond acceptors (Lipinski definition) is 7. The van der Waals surface area contributed by atoms with E-state index in [0.29, 0.717) is 12.2 Å². The Balaban J connectivity index is 1.46. The van der Waals surface area contributed by atoms with Crippen LogP contribution in [0.5, 0.6) is 11.8 Å². The lowest BCUT2D eigenvalue weighted by Crippen LogP contribution is -2.40. The number of aryl methyl sites for hydroxylation is 1. The second kappa shape index (κ2) is 7.38. The third kappa shape index (κ3) is 3.40. The summed E-state index contributed by atoms with van der Waals surface area (Å²) in [6, 6.07) is 7.41. The van der Waals surface area contributed by atoms with E-state index in [1.54, 1.807) is 12.3 Å². The molecule has 3 aromatic rings. The fraction of sp³-hybridized carbons (Fsp3) is 0.400. The van der Waals surface area contributed by atoms with Crippen LogP contribution in [0.3, 0.4) is 0 Å². The lowest BCUT2D eigenvalue weighted by Gasteiger charge is -2.35. The van der Waals surface area contributed by atoms with Crippen LogP contribution in [-0.2, 0) is 6.42 Å². The van der Waals surface area contributed by atoms with E-state index in [0.717, 1.165) is 71.9 Å². The summed E-state index contributed by atoms with van der Waals surface area (Å²) in [5, 5.41) is 3.13. The lowest BCUT2D eigenvalue weighted by atomic mass is 9.93. The molecular weight excluding hydrogens is 419 g/mol. The lowest BCUT2D eigenvalue weighted by molar-refractivity contribution is 0.378. The highest BCUT2D eigenvalue weighted by Crippen LogP contribution is 2.53. The molecule has 1 saturated carbocycles. The van der Waals surface area contributed by atoms with Gasteiger partial charge in [-0.1, -0.05) is 0 Å². The molecule has 2 unspecified atom stereocenters. The van der Waals surface area contributed by atoms with Crippen molar-refractivity contribution < 1.29 is 9.13 Å². The van der Waals surface area contributed by atoms with Crippen molar-refractivity contribution in [3.8, 4) is 22.9 Å². The van der Waals surface area contributed by atoms with Gasteiger partial charge in [-0.3, -0.25) is 4.98 Å². The van der Waals surface area contributed by atoms with Crippen LogP contribution in [0.25, 0.3) is 11.1 Å². The number of piperidine rings is 1. The summed E-state index contributed by atoms with van der Waals surface area (Å²) in [4.78, 5) is 16.2. The molecule has 2 fully saturated rings. The van der Waals surface area contributed by atoms with E-state index >= 15 is 0 Å². The SMILES string of the molecule is CNc1cc(F)cc2c1Cc1nc(Oc3ccc(C)nc3)nc(N3CCCC4(CC4N)C3)c1-2. The Morgan fingerprint density at radius 2 is 2.12 bits per heavy atom. The molecule has 3 N–H and O–H groups in total. The van der Waals surface area contributed by atoms with Crippen LogP contribution in [0.15, 0.2) is 30.5 Å². The fourth-order valence-corrected chi connectivity index (χ4v) is 5.40. The Labute approximate surface area is 192 Å². The number of pyridine rings is 1. The fourth-order valence-electron chi connectivity index (χ4n) is 5.40. The predicted octanol–water partition coefficient (Wildman–Crippen LogP) is 4.04. The van der Waals surface area contributed by atoms with Gasteiger partial charge in [-0.2, -0.15) is 9.97 Å². The van der Waals surface area contributed by atoms with Gasteiger partial charge in [0.1, 0.15) is 17.4 Å². The molecule has 7 nitrogen and oxygen atoms in total. The molecule has 1 aliphatic heterocycles. The summed E-state index contributed by atoms with van der Waals surface area (Å²) in [6.07, 6.45) is 5.52. The molecule has 2 aromatic heterocycles. The summed E-state index contributed by atoms with van der Waals surface area (Å²) in [6.45, 7) is 3.66. The minimum Gasteiger partial charge on any atom is -0.423 e. The van der Waals surface area contributed by atoms with Gasteiger partial charge in [-0.25, -0.2) is 4.39 Å². The van der Waals surface area contributed by atoms with Crippen molar-refractivity contribution in [1.82, 2.24) is 15.0 Å². The highest BCUT2D eigenvalue weighted by atomic mass is 19.1. The maximum absolute atomic E-state index is 14.5. The zero-order valence-corrected chi connectivity index (χ0v) is 18.9. The molecule has 1 spiro atoms. The Kier molecular flexibility index (Phi) is 4.55. The maximum atomic E-state index is 14.5. The van der Waals surface area contributed by atoms with Crippen molar-refractivity contribution in [2.24, 2.45) is 11.1 Å². The van der Waals surface area contributed by atoms with Crippen LogP contribution in [0.2, 0.25) is 0 Å². The van der Waals surface area contributed by atoms with Gasteiger partial charge in [0.25, 0.3) is 0 Å². The number of anilines is 2. The molecule has 33 heavy (non-hydrogen) atoms. The van der Waals surface area contributed by atoms with Gasteiger partial charge in [-0.05, 0) is 61.6 Å². The number of fused-ring (bicyclic) bond motifs is 3. The minimum absolute atomic E-state index is 0.164. The number of nitrogens with two attached hydrogens (primary N) is 1. The van der Waals surface area contributed by atoms with E-state index in [-0.39, 0.29) is 23.3 Å². The first-order valence-electron chi connectivity index (χ1n) is 11.5. The van der Waals surface area contributed by atoms with Crippen LogP contribution in [0.4, 0.5) is 15.9 Å². The van der Waals surface area contributed by atoms with Gasteiger partial charge < -0.3 is 20.7 Å². The van der Waals surface area contributed by atoms with E-state index < -0.39 is 0 Å². The number of nitrogens with one attached hydrogen (secondary N) is 1. The number of benzene rings is 1. The maximum Gasteiger partial charge on any atom is 0.324 e. The van der Waals surface area contributed by atoms with Crippen molar-refractivity contribution in [3.63, 3.8) is 0 Å². The van der Waals surface area contributed by atoms with Crippen LogP contribution in [0.1, 0.15) is 36.2 Å². The largest absolute Gasteiger partial charge is 0.423 e. The monoisotopic (exact) mass is 446 g/mol. The molecule has 1 aromatic carbocycles. The summed E-state index contributed by atoms with van der Waals surface area (Å²) in [7, 11) is 1.81. The first kappa shape index (κ1) is 20.4. The third-order valence-corrected chi connectivity index (χ3v) is 7.30. The molecule has 0 radical (unpaired) electrons. The molecular formula is C25H27FN6O. The Morgan fingerprint density at radius 3 is 2.85 bits per heavy atom. The Morgan fingerprint density at radius 1 is 1.27 bits per heavy atom. The van der Waals surface area contributed by atoms with Crippen molar-refractivity contribution >= 4 is 11.5 Å². The van der Waals surface area contributed by atoms with Gasteiger partial charge in [0.05, 0.1) is 11.9 Å². The Hall–Kier alpha value is -3.26. The average molecular weight is 447 g/mol. The molecule has 8 heteroatoms. The molecule has 0 bridgehead atoms. The summed E-state index contributed by atoms with van der Waals surface area (Å²) in [5.74, 6) is 1.12. The quantitative estimate of drug-likeness (QED) is 0.489. The smallest absolute Gasteiger partial charge is 0.324 e. The molecule has 6 rings (SSSR count). The van der Waals surface area contributed by atoms with Crippen molar-refractivity contribution in [2.75, 3.05) is 30.4 Å². The summed E-state index contributed by atoms with van der Waals surface area (Å²) < 4.78 is 20.6. The highest BCUT2D eigenvalue weighted by Gasteiger charge is 2.54. The second-order valence-corrected chi connectivity index (χ2v) is 9.49. The molecule has 2 aliphatic carbocycles. The van der Waals surface area contributed by atoms with Crippen molar-refractivity contribution in [2.45, 2.75) is 38.6 Å². The molecule has 2 atom stereocenters. The first-order valence-corrected chi connectivity index (χ1v) is 11.5. The van der Waals surface area contributed by atoms with E-state index in [4.69, 9.17) is 20.4 Å². The predicted molar refractivity (Wildman–Crippen MR) is 125 cm³/mol. The van der Waals surface area contributed by atoms with Crippen LogP contribution in [0, 0.1) is 18.2 Å². The summed E-state index contributed by atoms with van der Waals surface area (Å²) >= 11 is 0. The van der Waals surface area contributed by atoms with Gasteiger partial charge in [0.15, 0.2) is 0 Å². The second-order valence-electron chi connectivity index (χ2n) is 9.49. The average Bonchev–Trinajstić information content (AvgIpc) is 3.25. The third-order valence-electron chi connectivity index (χ3n) is 7.30. The zero-order chi connectivity index (χ0) is 22.7. The molecule has 170 valence electrons. The van der Waals surface area contributed by atoms with Gasteiger partial charge in [-0.15, -0.1) is 0 Å². The number of halogens is 1. The van der Waals surface area contributed by atoms with E-state index in [1.807, 2.05) is 26.1 Å². The molecule has 3 aliphatic rings. The van der Waals surface area contributed by atoms with Crippen LogP contribution >= 0.6 is 0 Å². The minimum atomic E-state index is -0.276. The topological polar surface area (TPSA) is 89.2 Å². The van der Waals surface area contributed by atoms with E-state index in [2.05, 4.69) is 15.2 Å². The zero-order valence-electron chi connectivity index (χ0n) is 18.9. The van der Waals surface area contributed by atoms with Crippen molar-refractivity contribution in [3.05, 3.63) is 53.2 Å². The first-order chi connectivity index (χ1) is 16.0. The number of rotatable bonds is 4. The van der Waals surface area contributed by atoms with E-state index in [1.165, 1.54) is 6.07 Å². The molecule has 0 amide bonds. The number of aromatic nitrogens is 3. The highest BCUT2D eigenvalue weighted by molar-refractivity contribution is 5.88. The van der Waals surface area contributed by atoms with Crippen LogP contribution < -0.4 is 20.7 Å². The molecule has 1 saturated heterocycles. The van der Waals surface area contributed by atoms with Crippen LogP contribution in [-0.4, -0.2) is 41.1 Å². The van der Waals surface area contributed by atoms with Gasteiger partial charge in [0, 0.05) is 55.0 Å². The van der Waals surface area contributed by atoms with Gasteiger partial charge >= 0.3 is 6.01 Å². The Bertz CT molecular complexity index is 1250. The van der Waals surface area contributed by atoms with Crippen molar-refractivity contribution in [1.29, 1.82) is 0 Å². The normalized spacial score (nSPS) is 22.8. The number of nitrogens with zero attached hydrogens (tertiary/aromatic N) is 4. The number of ether oxygens (including phenoxy) is 1. The summed E-state index contributed by atoms with van der Waals surface area (Å²) in [5.41, 5.74) is 11.8. The van der Waals surface area contributed by atoms with E-state index in [9.17, 15) is 4.39 Å². The standard InChI is InChI=1S/C25H27FN6O/c1-14-4-5-16(12-29-14)33-24-30-20-10-17-18(8-15(26)9-19(17)28-2)22(20)23(31-24)32-7-3-6-25(13-32)11-21(25)27/h4-5,8-9,12,21,28H,3,6-7,10-11,13,27H2,1-2H3.